The fourth-order valence-corrected chi connectivity index (χ4v) is 1.49. The standard InChI is InChI=1S/C13H12N2O/c1-9(10-4-6-11(16)7-5-10)12-3-2-8-15-13(12)14/h2-8,16H,1H2,(H2,14,15). The first-order chi connectivity index (χ1) is 7.68. The topological polar surface area (TPSA) is 59.1 Å². The van der Waals surface area contributed by atoms with Gasteiger partial charge < -0.3 is 10.8 Å². The Hall–Kier alpha value is -2.29. The highest BCUT2D eigenvalue weighted by Gasteiger charge is 2.06. The molecule has 0 radical (unpaired) electrons. The molecule has 0 saturated carbocycles. The summed E-state index contributed by atoms with van der Waals surface area (Å²) >= 11 is 0. The molecular weight excluding hydrogens is 200 g/mol. The van der Waals surface area contributed by atoms with Gasteiger partial charge in [0, 0.05) is 11.8 Å². The van der Waals surface area contributed by atoms with E-state index < -0.39 is 0 Å². The summed E-state index contributed by atoms with van der Waals surface area (Å²) in [6.45, 7) is 3.98. The van der Waals surface area contributed by atoms with Crippen LogP contribution in [0.25, 0.3) is 5.57 Å². The largest absolute Gasteiger partial charge is 0.508 e. The molecule has 1 aromatic carbocycles. The molecule has 2 aromatic rings. The van der Waals surface area contributed by atoms with E-state index in [1.807, 2.05) is 12.1 Å². The normalized spacial score (nSPS) is 10.0. The van der Waals surface area contributed by atoms with Crippen LogP contribution < -0.4 is 5.73 Å². The Labute approximate surface area is 93.9 Å². The average molecular weight is 212 g/mol. The smallest absolute Gasteiger partial charge is 0.131 e. The Kier molecular flexibility index (Phi) is 2.60. The molecule has 3 heteroatoms. The summed E-state index contributed by atoms with van der Waals surface area (Å²) in [7, 11) is 0. The number of benzene rings is 1. The maximum Gasteiger partial charge on any atom is 0.131 e. The van der Waals surface area contributed by atoms with Crippen molar-refractivity contribution < 1.29 is 5.11 Å². The number of phenolic OH excluding ortho intramolecular Hbond substituents is 1. The van der Waals surface area contributed by atoms with Gasteiger partial charge >= 0.3 is 0 Å². The third-order valence-corrected chi connectivity index (χ3v) is 2.38. The monoisotopic (exact) mass is 212 g/mol. The molecule has 3 N–H and O–H groups in total. The van der Waals surface area contributed by atoms with E-state index in [1.165, 1.54) is 0 Å². The number of nitrogens with two attached hydrogens (primary N) is 1. The van der Waals surface area contributed by atoms with Crippen molar-refractivity contribution in [3.05, 3.63) is 60.3 Å². The van der Waals surface area contributed by atoms with E-state index >= 15 is 0 Å². The summed E-state index contributed by atoms with van der Waals surface area (Å²) in [6.07, 6.45) is 1.64. The lowest BCUT2D eigenvalue weighted by Crippen LogP contribution is -1.96. The molecule has 0 unspecified atom stereocenters. The maximum atomic E-state index is 9.20. The first-order valence-corrected chi connectivity index (χ1v) is 4.87. The van der Waals surface area contributed by atoms with Crippen molar-refractivity contribution in [1.29, 1.82) is 0 Å². The van der Waals surface area contributed by atoms with Crippen LogP contribution in [-0.2, 0) is 0 Å². The number of rotatable bonds is 2. The van der Waals surface area contributed by atoms with Gasteiger partial charge in [-0.05, 0) is 35.4 Å². The van der Waals surface area contributed by atoms with Crippen LogP contribution in [0.15, 0.2) is 49.2 Å². The lowest BCUT2D eigenvalue weighted by atomic mass is 10.0. The number of aromatic nitrogens is 1. The average Bonchev–Trinajstić information content (AvgIpc) is 2.30. The van der Waals surface area contributed by atoms with E-state index in [4.69, 9.17) is 5.73 Å². The maximum absolute atomic E-state index is 9.20. The van der Waals surface area contributed by atoms with Crippen LogP contribution in [0.5, 0.6) is 5.75 Å². The number of aromatic hydroxyl groups is 1. The first kappa shape index (κ1) is 10.2. The van der Waals surface area contributed by atoms with Gasteiger partial charge in [-0.25, -0.2) is 4.98 Å². The second-order valence-corrected chi connectivity index (χ2v) is 3.46. The molecule has 0 saturated heterocycles. The lowest BCUT2D eigenvalue weighted by molar-refractivity contribution is 0.475. The molecule has 2 rings (SSSR count). The van der Waals surface area contributed by atoms with Crippen LogP contribution in [-0.4, -0.2) is 10.1 Å². The van der Waals surface area contributed by atoms with Gasteiger partial charge in [-0.15, -0.1) is 0 Å². The summed E-state index contributed by atoms with van der Waals surface area (Å²) in [4.78, 5) is 4.01. The van der Waals surface area contributed by atoms with Crippen molar-refractivity contribution in [3.8, 4) is 5.75 Å². The molecule has 0 aliphatic rings. The number of hydrogen-bond acceptors (Lipinski definition) is 3. The predicted molar refractivity (Wildman–Crippen MR) is 64.9 cm³/mol. The molecule has 0 aliphatic carbocycles. The van der Waals surface area contributed by atoms with Crippen molar-refractivity contribution in [2.45, 2.75) is 0 Å². The van der Waals surface area contributed by atoms with E-state index in [0.717, 1.165) is 16.7 Å². The zero-order chi connectivity index (χ0) is 11.5. The Bertz CT molecular complexity index is 518. The summed E-state index contributed by atoms with van der Waals surface area (Å²) in [5, 5.41) is 9.20. The number of anilines is 1. The highest BCUT2D eigenvalue weighted by molar-refractivity contribution is 5.82. The minimum absolute atomic E-state index is 0.232. The molecule has 80 valence electrons. The van der Waals surface area contributed by atoms with Gasteiger partial charge in [-0.1, -0.05) is 18.7 Å². The highest BCUT2D eigenvalue weighted by Crippen LogP contribution is 2.25. The van der Waals surface area contributed by atoms with Gasteiger partial charge in [-0.2, -0.15) is 0 Å². The Morgan fingerprint density at radius 3 is 2.50 bits per heavy atom. The van der Waals surface area contributed by atoms with E-state index in [9.17, 15) is 5.11 Å². The number of hydrogen-bond donors (Lipinski definition) is 2. The van der Waals surface area contributed by atoms with E-state index in [1.54, 1.807) is 30.5 Å². The van der Waals surface area contributed by atoms with Gasteiger partial charge in [0.25, 0.3) is 0 Å². The molecule has 1 aromatic heterocycles. The second kappa shape index (κ2) is 4.06. The van der Waals surface area contributed by atoms with Gasteiger partial charge in [0.2, 0.25) is 0 Å². The molecule has 0 atom stereocenters. The minimum Gasteiger partial charge on any atom is -0.508 e. The fourth-order valence-electron chi connectivity index (χ4n) is 1.49. The second-order valence-electron chi connectivity index (χ2n) is 3.46. The summed E-state index contributed by atoms with van der Waals surface area (Å²) in [5.74, 6) is 0.691. The molecule has 0 spiro atoms. The zero-order valence-corrected chi connectivity index (χ0v) is 8.72. The fraction of sp³-hybridized carbons (Fsp3) is 0. The van der Waals surface area contributed by atoms with Gasteiger partial charge in [0.1, 0.15) is 11.6 Å². The van der Waals surface area contributed by atoms with Crippen LogP contribution in [0.3, 0.4) is 0 Å². The zero-order valence-electron chi connectivity index (χ0n) is 8.72. The van der Waals surface area contributed by atoms with Crippen LogP contribution >= 0.6 is 0 Å². The van der Waals surface area contributed by atoms with Crippen molar-refractivity contribution >= 4 is 11.4 Å². The quantitative estimate of drug-likeness (QED) is 0.803. The Morgan fingerprint density at radius 1 is 1.19 bits per heavy atom. The van der Waals surface area contributed by atoms with Crippen molar-refractivity contribution in [2.24, 2.45) is 0 Å². The van der Waals surface area contributed by atoms with E-state index in [0.29, 0.717) is 5.82 Å². The van der Waals surface area contributed by atoms with Crippen LogP contribution in [0.4, 0.5) is 5.82 Å². The number of pyridine rings is 1. The molecule has 0 fully saturated rings. The SMILES string of the molecule is C=C(c1ccc(O)cc1)c1cccnc1N. The Morgan fingerprint density at radius 2 is 1.88 bits per heavy atom. The van der Waals surface area contributed by atoms with Gasteiger partial charge in [0.15, 0.2) is 0 Å². The van der Waals surface area contributed by atoms with Crippen LogP contribution in [0, 0.1) is 0 Å². The third-order valence-electron chi connectivity index (χ3n) is 2.38. The highest BCUT2D eigenvalue weighted by atomic mass is 16.3. The predicted octanol–water partition coefficient (Wildman–Crippen LogP) is 2.43. The molecular formula is C13H12N2O. The van der Waals surface area contributed by atoms with E-state index in [2.05, 4.69) is 11.6 Å². The summed E-state index contributed by atoms with van der Waals surface area (Å²) in [6, 6.07) is 10.5. The lowest BCUT2D eigenvalue weighted by Gasteiger charge is -2.08. The number of nitrogen functional groups attached to an aromatic ring is 1. The van der Waals surface area contributed by atoms with Crippen molar-refractivity contribution in [3.63, 3.8) is 0 Å². The van der Waals surface area contributed by atoms with Crippen molar-refractivity contribution in [2.75, 3.05) is 5.73 Å². The molecule has 0 amide bonds. The van der Waals surface area contributed by atoms with E-state index in [-0.39, 0.29) is 5.75 Å². The van der Waals surface area contributed by atoms with Crippen LogP contribution in [0.2, 0.25) is 0 Å². The summed E-state index contributed by atoms with van der Waals surface area (Å²) < 4.78 is 0. The molecule has 0 bridgehead atoms. The van der Waals surface area contributed by atoms with Crippen molar-refractivity contribution in [1.82, 2.24) is 4.98 Å². The summed E-state index contributed by atoms with van der Waals surface area (Å²) in [5.41, 5.74) is 8.29. The third kappa shape index (κ3) is 1.88. The molecule has 0 aliphatic heterocycles. The Balaban J connectivity index is 2.40. The molecule has 3 nitrogen and oxygen atoms in total. The number of nitrogens with zero attached hydrogens (tertiary/aromatic N) is 1. The van der Waals surface area contributed by atoms with Gasteiger partial charge in [0.05, 0.1) is 0 Å². The van der Waals surface area contributed by atoms with Crippen LogP contribution in [0.1, 0.15) is 11.1 Å². The molecule has 1 heterocycles. The minimum atomic E-state index is 0.232. The first-order valence-electron chi connectivity index (χ1n) is 4.87. The van der Waals surface area contributed by atoms with Gasteiger partial charge in [-0.3, -0.25) is 0 Å². The molecule has 16 heavy (non-hydrogen) atoms. The number of phenols is 1.